The summed E-state index contributed by atoms with van der Waals surface area (Å²) in [4.78, 5) is 82.5. The van der Waals surface area contributed by atoms with Crippen LogP contribution in [-0.4, -0.2) is 59.0 Å². The highest BCUT2D eigenvalue weighted by Gasteiger charge is 2.68. The second kappa shape index (κ2) is 13.0. The van der Waals surface area contributed by atoms with Gasteiger partial charge < -0.3 is 14.7 Å². The maximum Gasteiger partial charge on any atom is 0.573 e. The Balaban J connectivity index is 1.39. The molecule has 4 aliphatic rings. The van der Waals surface area contributed by atoms with Crippen molar-refractivity contribution in [3.05, 3.63) is 96.8 Å². The summed E-state index contributed by atoms with van der Waals surface area (Å²) < 4.78 is 58.5. The molecule has 7 rings (SSSR count). The lowest BCUT2D eigenvalue weighted by atomic mass is 9.51. The van der Waals surface area contributed by atoms with E-state index in [1.165, 1.54) is 27.1 Å². The number of nitro benzene ring substituents is 2. The summed E-state index contributed by atoms with van der Waals surface area (Å²) >= 11 is 6.00. The minimum absolute atomic E-state index is 0.128. The maximum atomic E-state index is 14.6. The highest BCUT2D eigenvalue weighted by atomic mass is 35.5. The zero-order chi connectivity index (χ0) is 40.9. The Labute approximate surface area is 318 Å². The Hall–Kier alpha value is -6.11. The molecule has 3 aromatic carbocycles. The number of ether oxygens (including phenoxy) is 1. The fourth-order valence-corrected chi connectivity index (χ4v) is 9.08. The highest BCUT2D eigenvalue weighted by Crippen LogP contribution is 2.65. The quantitative estimate of drug-likeness (QED) is 0.0914. The van der Waals surface area contributed by atoms with E-state index in [4.69, 9.17) is 11.6 Å². The number of halogens is 5. The molecule has 1 saturated carbocycles. The van der Waals surface area contributed by atoms with Gasteiger partial charge in [-0.3, -0.25) is 39.4 Å². The van der Waals surface area contributed by atoms with Gasteiger partial charge in [0, 0.05) is 37.7 Å². The number of rotatable bonds is 7. The van der Waals surface area contributed by atoms with Crippen molar-refractivity contribution in [2.75, 3.05) is 28.8 Å². The first-order valence-electron chi connectivity index (χ1n) is 16.8. The summed E-state index contributed by atoms with van der Waals surface area (Å²) in [5, 5.41) is 35.0. The van der Waals surface area contributed by atoms with Crippen LogP contribution in [0.3, 0.4) is 0 Å². The highest BCUT2D eigenvalue weighted by molar-refractivity contribution is 6.32. The number of phenols is 1. The van der Waals surface area contributed by atoms with E-state index in [1.807, 2.05) is 0 Å². The van der Waals surface area contributed by atoms with Crippen molar-refractivity contribution in [2.45, 2.75) is 32.0 Å². The molecule has 56 heavy (non-hydrogen) atoms. The third kappa shape index (κ3) is 5.70. The molecule has 2 aliphatic heterocycles. The van der Waals surface area contributed by atoms with Crippen LogP contribution in [0.15, 0.2) is 60.2 Å². The number of fused-ring (bicyclic) bond motifs is 4. The second-order valence-electron chi connectivity index (χ2n) is 14.3. The van der Waals surface area contributed by atoms with Crippen LogP contribution in [0.1, 0.15) is 31.2 Å². The zero-order valence-electron chi connectivity index (χ0n) is 29.2. The molecule has 3 fully saturated rings. The molecule has 2 heterocycles. The summed E-state index contributed by atoms with van der Waals surface area (Å²) in [6.07, 6.45) is -4.13. The number of hydrogen-bond acceptors (Lipinski definition) is 11. The average Bonchev–Trinajstić information content (AvgIpc) is 3.48. The zero-order valence-corrected chi connectivity index (χ0v) is 30.0. The first-order chi connectivity index (χ1) is 26.2. The van der Waals surface area contributed by atoms with Crippen molar-refractivity contribution in [1.29, 1.82) is 0 Å². The number of alkyl halides is 3. The molecule has 0 radical (unpaired) electrons. The lowest BCUT2D eigenvalue weighted by molar-refractivity contribution is -0.392. The monoisotopic (exact) mass is 801 g/mol. The lowest BCUT2D eigenvalue weighted by Gasteiger charge is -2.49. The predicted octanol–water partition coefficient (Wildman–Crippen LogP) is 6.40. The molecule has 1 N–H and O–H groups in total. The van der Waals surface area contributed by atoms with Gasteiger partial charge >= 0.3 is 17.7 Å². The molecule has 6 atom stereocenters. The number of benzene rings is 3. The largest absolute Gasteiger partial charge is 0.573 e. The van der Waals surface area contributed by atoms with Gasteiger partial charge in [0.05, 0.1) is 49.4 Å². The van der Waals surface area contributed by atoms with E-state index in [-0.39, 0.29) is 29.7 Å². The van der Waals surface area contributed by atoms with E-state index in [2.05, 4.69) is 4.74 Å². The fraction of sp³-hybridized carbons (Fsp3) is 0.333. The number of carbonyl (C=O) groups excluding carboxylic acids is 4. The summed E-state index contributed by atoms with van der Waals surface area (Å²) in [5.74, 6) is -12.1. The normalized spacial score (nSPS) is 25.8. The van der Waals surface area contributed by atoms with Crippen LogP contribution in [0.2, 0.25) is 5.02 Å². The number of amides is 4. The number of phenolic OH excluding ortho intramolecular Hbond substituents is 1. The molecule has 3 aromatic rings. The van der Waals surface area contributed by atoms with E-state index in [0.29, 0.717) is 4.90 Å². The van der Waals surface area contributed by atoms with Crippen LogP contribution >= 0.6 is 11.6 Å². The smallest absolute Gasteiger partial charge is 0.508 e. The molecule has 20 heteroatoms. The van der Waals surface area contributed by atoms with Gasteiger partial charge in [0.2, 0.25) is 23.6 Å². The number of imide groups is 2. The van der Waals surface area contributed by atoms with E-state index in [1.54, 1.807) is 0 Å². The van der Waals surface area contributed by atoms with Crippen LogP contribution < -0.4 is 19.4 Å². The van der Waals surface area contributed by atoms with E-state index in [9.17, 15) is 62.1 Å². The molecular weight excluding hydrogens is 774 g/mol. The van der Waals surface area contributed by atoms with Crippen LogP contribution in [0.25, 0.3) is 0 Å². The van der Waals surface area contributed by atoms with Gasteiger partial charge in [-0.1, -0.05) is 23.3 Å². The first kappa shape index (κ1) is 38.2. The first-order valence-corrected chi connectivity index (χ1v) is 17.2. The number of hydrogen-bond donors (Lipinski definition) is 1. The molecule has 0 unspecified atom stereocenters. The molecule has 0 bridgehead atoms. The Morgan fingerprint density at radius 1 is 0.911 bits per heavy atom. The average molecular weight is 802 g/mol. The molecule has 0 aromatic heterocycles. The minimum Gasteiger partial charge on any atom is -0.508 e. The van der Waals surface area contributed by atoms with Crippen LogP contribution in [0.4, 0.5) is 46.0 Å². The van der Waals surface area contributed by atoms with Crippen molar-refractivity contribution in [2.24, 2.45) is 29.1 Å². The number of nitro groups is 2. The molecule has 4 amide bonds. The van der Waals surface area contributed by atoms with Crippen LogP contribution in [-0.2, 0) is 19.2 Å². The minimum atomic E-state index is -5.17. The molecule has 292 valence electrons. The van der Waals surface area contributed by atoms with Gasteiger partial charge in [-0.2, -0.15) is 0 Å². The summed E-state index contributed by atoms with van der Waals surface area (Å²) in [6, 6.07) is 7.42. The predicted molar refractivity (Wildman–Crippen MR) is 187 cm³/mol. The van der Waals surface area contributed by atoms with E-state index >= 15 is 0 Å². The van der Waals surface area contributed by atoms with Crippen molar-refractivity contribution in [1.82, 2.24) is 0 Å². The number of allylic oxidation sites excluding steroid dienone is 2. The molecule has 2 saturated heterocycles. The fourth-order valence-electron chi connectivity index (χ4n) is 8.90. The van der Waals surface area contributed by atoms with Gasteiger partial charge in [0.1, 0.15) is 17.3 Å². The van der Waals surface area contributed by atoms with Gasteiger partial charge in [-0.25, -0.2) is 14.2 Å². The van der Waals surface area contributed by atoms with Gasteiger partial charge in [0.15, 0.2) is 5.69 Å². The second-order valence-corrected chi connectivity index (χ2v) is 14.7. The third-order valence-corrected chi connectivity index (χ3v) is 11.4. The van der Waals surface area contributed by atoms with E-state index < -0.39 is 120 Å². The number of anilines is 3. The molecule has 2 aliphatic carbocycles. The SMILES string of the molecule is CN(C)c1c([N+](=O)[O-])cc(N2C(=O)[C@H]3[C@H](CC=C4[C@H]3C[C@H]3C(=O)N(c5ccc(F)c(Cl)c5)C(=O)[C@@]3(C)[C@H]4c3cc(OC(F)(F)F)ccc3O)C2=O)cc1[N+](=O)[O-]. The number of nitrogens with zero attached hydrogens (tertiary/aromatic N) is 5. The molecule has 0 spiro atoms. The van der Waals surface area contributed by atoms with Crippen molar-refractivity contribution < 1.29 is 56.4 Å². The standard InChI is InChI=1S/C36H28ClF4N5O10/c1-35-22(32(49)44(34(35)51)15-4-8-24(38)23(37)10-15)14-20-18(29(35)21-13-17(5-9-27(21)47)56-36(39,40)41)6-7-19-28(20)33(50)43(31(19)48)16-11-25(45(52)53)30(42(2)3)26(12-16)46(54)55/h4-6,8-13,19-20,22,28-29,47H,7,14H2,1-3H3/t19-,20+,22-,28-,29+,35+/m0/s1. The van der Waals surface area contributed by atoms with Gasteiger partial charge in [-0.15, -0.1) is 13.2 Å². The number of aromatic hydroxyl groups is 1. The summed E-state index contributed by atoms with van der Waals surface area (Å²) in [5.41, 5.74) is -4.43. The van der Waals surface area contributed by atoms with Crippen LogP contribution in [0, 0.1) is 55.1 Å². The Morgan fingerprint density at radius 2 is 1.55 bits per heavy atom. The maximum absolute atomic E-state index is 14.6. The topological polar surface area (TPSA) is 194 Å². The Morgan fingerprint density at radius 3 is 2.12 bits per heavy atom. The molecule has 15 nitrogen and oxygen atoms in total. The summed E-state index contributed by atoms with van der Waals surface area (Å²) in [7, 11) is 2.67. The van der Waals surface area contributed by atoms with Crippen molar-refractivity contribution in [3.8, 4) is 11.5 Å². The summed E-state index contributed by atoms with van der Waals surface area (Å²) in [6.45, 7) is 1.38. The van der Waals surface area contributed by atoms with Gasteiger partial charge in [0.25, 0.3) is 0 Å². The number of carbonyl (C=O) groups is 4. The van der Waals surface area contributed by atoms with Gasteiger partial charge in [-0.05, 0) is 62.1 Å². The van der Waals surface area contributed by atoms with Crippen molar-refractivity contribution >= 4 is 63.7 Å². The van der Waals surface area contributed by atoms with Crippen LogP contribution in [0.5, 0.6) is 11.5 Å². The third-order valence-electron chi connectivity index (χ3n) is 11.1. The molecular formula is C36H28ClF4N5O10. The lowest BCUT2D eigenvalue weighted by Crippen LogP contribution is -2.49. The Bertz CT molecular complexity index is 2300. The Kier molecular flexibility index (Phi) is 8.86. The van der Waals surface area contributed by atoms with E-state index in [0.717, 1.165) is 58.3 Å². The van der Waals surface area contributed by atoms with Crippen molar-refractivity contribution in [3.63, 3.8) is 0 Å².